The van der Waals surface area contributed by atoms with Crippen molar-refractivity contribution in [2.75, 3.05) is 16.9 Å². The summed E-state index contributed by atoms with van der Waals surface area (Å²) in [5.41, 5.74) is 14.8. The number of hydrogen-bond acceptors (Lipinski definition) is 20. The first kappa shape index (κ1) is 53.8. The predicted molar refractivity (Wildman–Crippen MR) is 227 cm³/mol. The van der Waals surface area contributed by atoms with E-state index in [-0.39, 0.29) is 100 Å². The summed E-state index contributed by atoms with van der Waals surface area (Å²) in [6.45, 7) is 0. The molecular formula is C38H25N10Na3O12S3. The summed E-state index contributed by atoms with van der Waals surface area (Å²) >= 11 is 0. The van der Waals surface area contributed by atoms with Gasteiger partial charge in [-0.2, -0.15) is 18.6 Å². The van der Waals surface area contributed by atoms with Gasteiger partial charge < -0.3 is 25.7 Å². The molecule has 0 heterocycles. The van der Waals surface area contributed by atoms with E-state index in [1.807, 2.05) is 6.07 Å². The summed E-state index contributed by atoms with van der Waals surface area (Å²) in [5.74, 6) is -1.46. The smallest absolute Gasteiger partial charge is 0.870 e. The number of nitrogens with two attached hydrogens (primary N) is 2. The molecule has 28 heteroatoms. The number of nitrogens with one attached hydrogen (secondary N) is 2. The number of anilines is 3. The minimum Gasteiger partial charge on any atom is -0.870 e. The number of fused-ring (bicyclic) bond motifs is 2. The second-order valence-corrected chi connectivity index (χ2v) is 17.4. The van der Waals surface area contributed by atoms with Crippen LogP contribution < -0.4 is 111 Å². The van der Waals surface area contributed by atoms with Crippen molar-refractivity contribution in [2.45, 2.75) is 14.7 Å². The molecule has 66 heavy (non-hydrogen) atoms. The van der Waals surface area contributed by atoms with Gasteiger partial charge in [-0.3, -0.25) is 25.5 Å². The molecule has 4 aromatic rings. The monoisotopic (exact) mass is 978 g/mol. The van der Waals surface area contributed by atoms with Crippen molar-refractivity contribution in [3.8, 4) is 5.75 Å². The fourth-order valence-corrected chi connectivity index (χ4v) is 8.18. The van der Waals surface area contributed by atoms with E-state index >= 15 is 0 Å². The second-order valence-electron chi connectivity index (χ2n) is 13.3. The maximum absolute atomic E-state index is 13.8. The molecule has 0 saturated carbocycles. The zero-order valence-corrected chi connectivity index (χ0v) is 42.8. The van der Waals surface area contributed by atoms with Gasteiger partial charge in [-0.1, -0.05) is 42.2 Å². The molecule has 0 aromatic heterocycles. The van der Waals surface area contributed by atoms with E-state index in [1.165, 1.54) is 12.2 Å². The Labute approximate surface area is 440 Å². The van der Waals surface area contributed by atoms with E-state index < -0.39 is 94.9 Å². The van der Waals surface area contributed by atoms with Crippen LogP contribution in [0.4, 0.5) is 34.1 Å². The van der Waals surface area contributed by atoms with Crippen LogP contribution in [-0.2, 0) is 30.4 Å². The average Bonchev–Trinajstić information content (AvgIpc) is 3.21. The summed E-state index contributed by atoms with van der Waals surface area (Å²) in [6.07, 6.45) is 16.7. The van der Waals surface area contributed by atoms with E-state index in [9.17, 15) is 54.1 Å². The van der Waals surface area contributed by atoms with Crippen molar-refractivity contribution in [1.82, 2.24) is 0 Å². The SMILES string of the molecule is N=C1C=Cc2ccc(N)cc2C1=NN=C1C=CC(=C2C=CC(=NNc3c(S(=O)(=O)O)cc4cc(S(=O)(=O)[O-])c(N=Nc5ccc([N+](=O)[O-])cc5S(=O)(=O)[O-])c([O-])c4c3N)C=C2)C=C1.[Na+].[Na+].[Na+]. The number of benzene rings is 4. The molecule has 0 amide bonds. The van der Waals surface area contributed by atoms with Crippen LogP contribution in [0.15, 0.2) is 155 Å². The molecule has 0 spiro atoms. The fourth-order valence-electron chi connectivity index (χ4n) is 6.22. The van der Waals surface area contributed by atoms with Crippen molar-refractivity contribution in [2.24, 2.45) is 25.5 Å². The molecule has 3 aliphatic rings. The van der Waals surface area contributed by atoms with Gasteiger partial charge in [0.15, 0.2) is 0 Å². The van der Waals surface area contributed by atoms with Crippen LogP contribution in [-0.4, -0.2) is 66.7 Å². The molecule has 4 aromatic carbocycles. The van der Waals surface area contributed by atoms with Gasteiger partial charge in [0.2, 0.25) is 0 Å². The van der Waals surface area contributed by atoms with Gasteiger partial charge in [0.1, 0.15) is 42.2 Å². The molecular weight excluding hydrogens is 954 g/mol. The van der Waals surface area contributed by atoms with Gasteiger partial charge in [0.25, 0.3) is 15.8 Å². The molecule has 0 atom stereocenters. The molecule has 0 radical (unpaired) electrons. The number of azo groups is 1. The number of hydrogen-bond donors (Lipinski definition) is 5. The third kappa shape index (κ3) is 11.6. The average molecular weight is 979 g/mol. The number of nitrogen functional groups attached to an aromatic ring is 2. The first-order valence-electron chi connectivity index (χ1n) is 17.4. The maximum Gasteiger partial charge on any atom is 1.00 e. The van der Waals surface area contributed by atoms with Crippen LogP contribution in [0.5, 0.6) is 5.75 Å². The van der Waals surface area contributed by atoms with Crippen molar-refractivity contribution in [1.29, 1.82) is 5.41 Å². The van der Waals surface area contributed by atoms with E-state index in [0.29, 0.717) is 52.5 Å². The largest absolute Gasteiger partial charge is 1.00 e. The predicted octanol–water partition coefficient (Wildman–Crippen LogP) is -4.32. The Bertz CT molecular complexity index is 3400. The summed E-state index contributed by atoms with van der Waals surface area (Å²) < 4.78 is 108. The van der Waals surface area contributed by atoms with Crippen LogP contribution in [0.2, 0.25) is 0 Å². The van der Waals surface area contributed by atoms with Gasteiger partial charge in [-0.05, 0) is 82.8 Å². The Balaban J connectivity index is 0.00000317. The van der Waals surface area contributed by atoms with Gasteiger partial charge in [0.05, 0.1) is 43.2 Å². The number of allylic oxidation sites excluding steroid dienone is 11. The van der Waals surface area contributed by atoms with Crippen LogP contribution in [0, 0.1) is 15.5 Å². The van der Waals surface area contributed by atoms with Crippen LogP contribution in [0.3, 0.4) is 0 Å². The van der Waals surface area contributed by atoms with Crippen molar-refractivity contribution in [3.05, 3.63) is 136 Å². The summed E-state index contributed by atoms with van der Waals surface area (Å²) in [5, 5.41) is 51.6. The maximum atomic E-state index is 13.8. The van der Waals surface area contributed by atoms with E-state index in [2.05, 4.69) is 31.0 Å². The molecule has 7 N–H and O–H groups in total. The zero-order chi connectivity index (χ0) is 45.6. The number of nitro groups is 1. The Morgan fingerprint density at radius 1 is 0.697 bits per heavy atom. The first-order chi connectivity index (χ1) is 29.6. The summed E-state index contributed by atoms with van der Waals surface area (Å²) in [7, 11) is -16.3. The molecule has 0 aliphatic heterocycles. The second kappa shape index (κ2) is 21.0. The minimum absolute atomic E-state index is 0. The fraction of sp³-hybridized carbons (Fsp3) is 0. The molecule has 3 aliphatic carbocycles. The quantitative estimate of drug-likeness (QED) is 0.0264. The molecule has 320 valence electrons. The van der Waals surface area contributed by atoms with Gasteiger partial charge in [-0.25, -0.2) is 16.8 Å². The Hall–Kier alpha value is -4.81. The number of non-ortho nitro benzene ring substituents is 1. The summed E-state index contributed by atoms with van der Waals surface area (Å²) in [4.78, 5) is 6.47. The van der Waals surface area contributed by atoms with E-state index in [0.717, 1.165) is 17.2 Å². The Morgan fingerprint density at radius 2 is 1.29 bits per heavy atom. The zero-order valence-electron chi connectivity index (χ0n) is 34.4. The van der Waals surface area contributed by atoms with Crippen LogP contribution >= 0.6 is 0 Å². The van der Waals surface area contributed by atoms with Gasteiger partial charge in [-0.15, -0.1) is 15.3 Å². The van der Waals surface area contributed by atoms with Crippen molar-refractivity contribution in [3.63, 3.8) is 0 Å². The van der Waals surface area contributed by atoms with Crippen LogP contribution in [0.1, 0.15) is 11.1 Å². The molecule has 0 bridgehead atoms. The minimum atomic E-state index is -5.65. The van der Waals surface area contributed by atoms with Crippen molar-refractivity contribution < 1.29 is 138 Å². The topological polar surface area (TPSA) is 385 Å². The Kier molecular flexibility index (Phi) is 17.1. The third-order valence-corrected chi connectivity index (χ3v) is 11.8. The number of nitro benzene ring substituents is 1. The van der Waals surface area contributed by atoms with Gasteiger partial charge in [0, 0.05) is 28.8 Å². The molecule has 0 fully saturated rings. The van der Waals surface area contributed by atoms with E-state index in [1.54, 1.807) is 60.7 Å². The first-order valence-corrected chi connectivity index (χ1v) is 21.7. The Morgan fingerprint density at radius 3 is 1.86 bits per heavy atom. The third-order valence-electron chi connectivity index (χ3n) is 9.20. The standard InChI is InChI=1S/C38H28N10O12S3.3Na/c39-23-7-1-21-6-13-28(40)35(27(21)17-23)45-42-24-8-2-19(3-9-24)20-4-10-25(11-5-20)43-46-36-31(62(55,56)57)15-22-16-32(63(58,59)60)37(38(49)33(22)34(36)41)47-44-29-14-12-26(48(50)51)18-30(29)61(52,53)54;;;/h1-18,40,46,49H,39,41H2,(H,52,53,54)(H,55,56,57)(H,58,59,60);;;/q;3*+1/p-3. The van der Waals surface area contributed by atoms with Crippen molar-refractivity contribution >= 4 is 104 Å². The molecule has 0 saturated heterocycles. The number of nitrogens with zero attached hydrogens (tertiary/aromatic N) is 6. The number of hydrazone groups is 1. The summed E-state index contributed by atoms with van der Waals surface area (Å²) in [6, 6.07) is 8.16. The van der Waals surface area contributed by atoms with Gasteiger partial charge >= 0.3 is 88.7 Å². The normalized spacial score (nSPS) is 15.1. The molecule has 7 rings (SSSR count). The molecule has 0 unspecified atom stereocenters. The molecule has 22 nitrogen and oxygen atoms in total. The van der Waals surface area contributed by atoms with E-state index in [4.69, 9.17) is 16.9 Å². The number of rotatable bonds is 9. The van der Waals surface area contributed by atoms with Crippen LogP contribution in [0.25, 0.3) is 16.8 Å².